The highest BCUT2D eigenvalue weighted by Crippen LogP contribution is 2.06. The summed E-state index contributed by atoms with van der Waals surface area (Å²) >= 11 is 21.2. The second-order valence-corrected chi connectivity index (χ2v) is 3.65. The Hall–Kier alpha value is 0.300. The number of hydrogen-bond donors (Lipinski definition) is 0. The van der Waals surface area contributed by atoms with E-state index < -0.39 is 22.7 Å². The SMILES string of the molecule is O=C(OC(=O)C(Cl)CCl)C(Cl)CCl. The molecule has 0 amide bonds. The Morgan fingerprint density at radius 3 is 1.54 bits per heavy atom. The molecule has 0 aromatic heterocycles. The van der Waals surface area contributed by atoms with E-state index in [2.05, 4.69) is 4.74 Å². The predicted molar refractivity (Wildman–Crippen MR) is 51.8 cm³/mol. The van der Waals surface area contributed by atoms with Gasteiger partial charge in [-0.3, -0.25) is 0 Å². The van der Waals surface area contributed by atoms with Crippen LogP contribution in [-0.2, 0) is 14.3 Å². The van der Waals surface area contributed by atoms with E-state index in [-0.39, 0.29) is 11.8 Å². The maximum atomic E-state index is 10.8. The van der Waals surface area contributed by atoms with Gasteiger partial charge in [-0.1, -0.05) is 0 Å². The fourth-order valence-electron chi connectivity index (χ4n) is 0.353. The van der Waals surface area contributed by atoms with Gasteiger partial charge in [-0.2, -0.15) is 0 Å². The Bertz CT molecular complexity index is 176. The Kier molecular flexibility index (Phi) is 6.86. The maximum absolute atomic E-state index is 10.8. The van der Waals surface area contributed by atoms with E-state index in [1.165, 1.54) is 0 Å². The van der Waals surface area contributed by atoms with E-state index in [1.54, 1.807) is 0 Å². The van der Waals surface area contributed by atoms with Gasteiger partial charge >= 0.3 is 11.9 Å². The van der Waals surface area contributed by atoms with Crippen molar-refractivity contribution in [1.82, 2.24) is 0 Å². The number of carbonyl (C=O) groups excluding carboxylic acids is 2. The third kappa shape index (κ3) is 4.91. The fourth-order valence-corrected chi connectivity index (χ4v) is 0.694. The Labute approximate surface area is 95.2 Å². The molecule has 0 saturated carbocycles. The van der Waals surface area contributed by atoms with Crippen LogP contribution in [0.5, 0.6) is 0 Å². The number of halogens is 4. The number of esters is 2. The van der Waals surface area contributed by atoms with Gasteiger partial charge in [-0.05, 0) is 0 Å². The predicted octanol–water partition coefficient (Wildman–Crippen LogP) is 1.75. The lowest BCUT2D eigenvalue weighted by Gasteiger charge is -2.07. The molecule has 0 spiro atoms. The average Bonchev–Trinajstić information content (AvgIpc) is 2.14. The van der Waals surface area contributed by atoms with Crippen molar-refractivity contribution < 1.29 is 14.3 Å². The molecule has 0 fully saturated rings. The summed E-state index contributed by atoms with van der Waals surface area (Å²) in [7, 11) is 0. The molecule has 0 heterocycles. The highest BCUT2D eigenvalue weighted by molar-refractivity contribution is 6.38. The molecule has 0 radical (unpaired) electrons. The minimum atomic E-state index is -1.05. The van der Waals surface area contributed by atoms with Crippen LogP contribution in [0.3, 0.4) is 0 Å². The van der Waals surface area contributed by atoms with E-state index in [0.717, 1.165) is 0 Å². The Morgan fingerprint density at radius 1 is 1.00 bits per heavy atom. The first-order valence-electron chi connectivity index (χ1n) is 3.18. The van der Waals surface area contributed by atoms with Crippen molar-refractivity contribution in [3.63, 3.8) is 0 Å². The summed E-state index contributed by atoms with van der Waals surface area (Å²) in [5.74, 6) is -2.11. The molecule has 0 aliphatic heterocycles. The first-order chi connectivity index (χ1) is 6.02. The van der Waals surface area contributed by atoms with E-state index >= 15 is 0 Å². The van der Waals surface area contributed by atoms with Gasteiger partial charge in [0.2, 0.25) is 0 Å². The van der Waals surface area contributed by atoms with E-state index in [4.69, 9.17) is 46.4 Å². The van der Waals surface area contributed by atoms with Crippen LogP contribution in [0.25, 0.3) is 0 Å². The van der Waals surface area contributed by atoms with Crippen molar-refractivity contribution in [2.45, 2.75) is 10.8 Å². The second kappa shape index (κ2) is 6.71. The molecule has 3 nitrogen and oxygen atoms in total. The second-order valence-electron chi connectivity index (χ2n) is 1.98. The summed E-state index contributed by atoms with van der Waals surface area (Å²) in [6.45, 7) is 0. The van der Waals surface area contributed by atoms with Gasteiger partial charge in [0.25, 0.3) is 0 Å². The van der Waals surface area contributed by atoms with Crippen LogP contribution >= 0.6 is 46.4 Å². The van der Waals surface area contributed by atoms with Gasteiger partial charge in [-0.25, -0.2) is 9.59 Å². The molecule has 76 valence electrons. The van der Waals surface area contributed by atoms with Crippen LogP contribution in [0.2, 0.25) is 0 Å². The van der Waals surface area contributed by atoms with Crippen molar-refractivity contribution in [3.8, 4) is 0 Å². The molecule has 0 rings (SSSR count). The summed E-state index contributed by atoms with van der Waals surface area (Å²) in [5.41, 5.74) is 0. The molecular formula is C6H6Cl4O3. The largest absolute Gasteiger partial charge is 0.391 e. The standard InChI is InChI=1S/C6H6Cl4O3/c7-1-3(9)5(11)13-6(12)4(10)2-8/h3-4H,1-2H2. The van der Waals surface area contributed by atoms with Gasteiger partial charge in [0, 0.05) is 11.8 Å². The van der Waals surface area contributed by atoms with Crippen LogP contribution in [0.4, 0.5) is 0 Å². The molecule has 0 bridgehead atoms. The number of alkyl halides is 4. The quantitative estimate of drug-likeness (QED) is 0.443. The van der Waals surface area contributed by atoms with Gasteiger partial charge < -0.3 is 4.74 Å². The smallest absolute Gasteiger partial charge is 0.332 e. The van der Waals surface area contributed by atoms with Crippen LogP contribution in [-0.4, -0.2) is 34.5 Å². The van der Waals surface area contributed by atoms with Gasteiger partial charge in [0.05, 0.1) is 0 Å². The Balaban J connectivity index is 3.99. The number of ether oxygens (including phenoxy) is 1. The summed E-state index contributed by atoms with van der Waals surface area (Å²) in [4.78, 5) is 21.7. The zero-order chi connectivity index (χ0) is 10.4. The van der Waals surface area contributed by atoms with Crippen molar-refractivity contribution in [2.75, 3.05) is 11.8 Å². The van der Waals surface area contributed by atoms with Crippen LogP contribution < -0.4 is 0 Å². The molecule has 0 N–H and O–H groups in total. The van der Waals surface area contributed by atoms with Crippen LogP contribution in [0.15, 0.2) is 0 Å². The highest BCUT2D eigenvalue weighted by Gasteiger charge is 2.23. The summed E-state index contributed by atoms with van der Waals surface area (Å²) < 4.78 is 4.25. The highest BCUT2D eigenvalue weighted by atomic mass is 35.5. The molecular weight excluding hydrogens is 262 g/mol. The lowest BCUT2D eigenvalue weighted by Crippen LogP contribution is -2.28. The minimum absolute atomic E-state index is 0.137. The van der Waals surface area contributed by atoms with E-state index in [1.807, 2.05) is 0 Å². The summed E-state index contributed by atoms with van der Waals surface area (Å²) in [6.07, 6.45) is 0. The number of hydrogen-bond acceptors (Lipinski definition) is 3. The first kappa shape index (κ1) is 13.3. The van der Waals surface area contributed by atoms with Crippen molar-refractivity contribution in [1.29, 1.82) is 0 Å². The monoisotopic (exact) mass is 266 g/mol. The molecule has 2 unspecified atom stereocenters. The molecule has 7 heteroatoms. The lowest BCUT2D eigenvalue weighted by molar-refractivity contribution is -0.158. The topological polar surface area (TPSA) is 43.4 Å². The van der Waals surface area contributed by atoms with Gasteiger partial charge in [-0.15, -0.1) is 46.4 Å². The molecule has 0 saturated heterocycles. The molecule has 0 aliphatic carbocycles. The van der Waals surface area contributed by atoms with Crippen molar-refractivity contribution in [2.24, 2.45) is 0 Å². The minimum Gasteiger partial charge on any atom is -0.391 e. The van der Waals surface area contributed by atoms with E-state index in [0.29, 0.717) is 0 Å². The fraction of sp³-hybridized carbons (Fsp3) is 0.667. The van der Waals surface area contributed by atoms with Crippen LogP contribution in [0.1, 0.15) is 0 Å². The normalized spacial score (nSPS) is 14.8. The van der Waals surface area contributed by atoms with Crippen LogP contribution in [0, 0.1) is 0 Å². The lowest BCUT2D eigenvalue weighted by atomic mass is 10.4. The summed E-state index contributed by atoms with van der Waals surface area (Å²) in [6, 6.07) is 0. The maximum Gasteiger partial charge on any atom is 0.332 e. The third-order valence-electron chi connectivity index (χ3n) is 0.984. The molecule has 0 aromatic carbocycles. The molecule has 0 aliphatic rings. The zero-order valence-electron chi connectivity index (χ0n) is 6.31. The average molecular weight is 268 g/mol. The third-order valence-corrected chi connectivity index (χ3v) is 2.58. The van der Waals surface area contributed by atoms with Gasteiger partial charge in [0.15, 0.2) is 0 Å². The number of carbonyl (C=O) groups is 2. The zero-order valence-corrected chi connectivity index (χ0v) is 9.33. The van der Waals surface area contributed by atoms with Crippen molar-refractivity contribution in [3.05, 3.63) is 0 Å². The van der Waals surface area contributed by atoms with E-state index in [9.17, 15) is 9.59 Å². The first-order valence-corrected chi connectivity index (χ1v) is 5.12. The Morgan fingerprint density at radius 2 is 1.31 bits per heavy atom. The van der Waals surface area contributed by atoms with Gasteiger partial charge in [0.1, 0.15) is 10.8 Å². The molecule has 2 atom stereocenters. The van der Waals surface area contributed by atoms with Crippen molar-refractivity contribution >= 4 is 58.3 Å². The molecule has 0 aromatic rings. The number of rotatable bonds is 4. The molecule has 13 heavy (non-hydrogen) atoms. The summed E-state index contributed by atoms with van der Waals surface area (Å²) in [5, 5.41) is -2.10.